The lowest BCUT2D eigenvalue weighted by Gasteiger charge is -2.28. The van der Waals surface area contributed by atoms with Crippen molar-refractivity contribution in [3.05, 3.63) is 94.5 Å². The molecule has 0 fully saturated rings. The Morgan fingerprint density at radius 2 is 1.63 bits per heavy atom. The van der Waals surface area contributed by atoms with E-state index in [4.69, 9.17) is 4.42 Å². The number of carbonyl (C=O) groups excluding carboxylic acids is 1. The minimum atomic E-state index is -3.68. The lowest BCUT2D eigenvalue weighted by atomic mass is 10.0. The van der Waals surface area contributed by atoms with Gasteiger partial charge in [0.05, 0.1) is 4.90 Å². The molecule has 3 aromatic carbocycles. The van der Waals surface area contributed by atoms with Crippen LogP contribution in [0.25, 0.3) is 11.5 Å². The van der Waals surface area contributed by atoms with Crippen LogP contribution in [0.4, 0.5) is 6.01 Å². The van der Waals surface area contributed by atoms with Crippen molar-refractivity contribution in [1.82, 2.24) is 14.5 Å². The number of hydrogen-bond acceptors (Lipinski definition) is 6. The van der Waals surface area contributed by atoms with Gasteiger partial charge in [0.2, 0.25) is 15.9 Å². The normalized spacial score (nSPS) is 13.9. The minimum Gasteiger partial charge on any atom is -0.403 e. The molecule has 1 N–H and O–H groups in total. The summed E-state index contributed by atoms with van der Waals surface area (Å²) in [6.45, 7) is 4.70. The Kier molecular flexibility index (Phi) is 5.96. The lowest BCUT2D eigenvalue weighted by molar-refractivity contribution is 0.102. The Labute approximate surface area is 203 Å². The molecule has 0 atom stereocenters. The van der Waals surface area contributed by atoms with E-state index in [0.29, 0.717) is 25.4 Å². The highest BCUT2D eigenvalue weighted by Crippen LogP contribution is 2.26. The van der Waals surface area contributed by atoms with Crippen molar-refractivity contribution in [3.8, 4) is 11.5 Å². The van der Waals surface area contributed by atoms with Gasteiger partial charge in [-0.1, -0.05) is 46.6 Å². The number of nitrogens with zero attached hydrogens (tertiary/aromatic N) is 3. The van der Waals surface area contributed by atoms with E-state index in [1.807, 2.05) is 56.3 Å². The number of benzene rings is 3. The highest BCUT2D eigenvalue weighted by molar-refractivity contribution is 7.89. The maximum absolute atomic E-state index is 13.1. The first-order chi connectivity index (χ1) is 16.8. The highest BCUT2D eigenvalue weighted by atomic mass is 32.2. The summed E-state index contributed by atoms with van der Waals surface area (Å²) in [4.78, 5) is 12.8. The number of aryl methyl sites for hydroxylation is 2. The number of anilines is 1. The first-order valence-electron chi connectivity index (χ1n) is 11.2. The second-order valence-corrected chi connectivity index (χ2v) is 10.6. The molecule has 8 nitrogen and oxygen atoms in total. The fraction of sp³-hybridized carbons (Fsp3) is 0.192. The molecule has 0 bridgehead atoms. The van der Waals surface area contributed by atoms with Crippen LogP contribution in [0.15, 0.2) is 76.0 Å². The van der Waals surface area contributed by atoms with Gasteiger partial charge in [-0.25, -0.2) is 8.42 Å². The van der Waals surface area contributed by atoms with E-state index in [0.717, 1.165) is 22.3 Å². The lowest BCUT2D eigenvalue weighted by Crippen LogP contribution is -2.35. The molecular formula is C26H24N4O4S. The quantitative estimate of drug-likeness (QED) is 0.448. The number of carbonyl (C=O) groups is 1. The van der Waals surface area contributed by atoms with Gasteiger partial charge in [0, 0.05) is 24.2 Å². The molecule has 0 saturated carbocycles. The van der Waals surface area contributed by atoms with E-state index in [1.165, 1.54) is 34.1 Å². The van der Waals surface area contributed by atoms with E-state index in [2.05, 4.69) is 15.5 Å². The predicted octanol–water partition coefficient (Wildman–Crippen LogP) is 4.35. The largest absolute Gasteiger partial charge is 0.403 e. The van der Waals surface area contributed by atoms with E-state index >= 15 is 0 Å². The van der Waals surface area contributed by atoms with Crippen LogP contribution in [-0.4, -0.2) is 35.4 Å². The second kappa shape index (κ2) is 9.09. The van der Waals surface area contributed by atoms with Gasteiger partial charge in [-0.15, -0.1) is 5.10 Å². The molecule has 0 radical (unpaired) electrons. The number of sulfonamides is 1. The van der Waals surface area contributed by atoms with Crippen LogP contribution in [-0.2, 0) is 23.0 Å². The standard InChI is InChI=1S/C26H24N4O4S/c1-17-13-18(2)15-22(14-17)25-28-29-26(34-25)27-24(31)20-7-9-23(10-8-20)35(32,33)30-12-11-19-5-3-4-6-21(19)16-30/h3-10,13-15H,11-12,16H2,1-2H3,(H,27,29,31). The van der Waals surface area contributed by atoms with Crippen LogP contribution in [0.5, 0.6) is 0 Å². The van der Waals surface area contributed by atoms with Crippen molar-refractivity contribution in [3.63, 3.8) is 0 Å². The van der Waals surface area contributed by atoms with Crippen LogP contribution >= 0.6 is 0 Å². The maximum Gasteiger partial charge on any atom is 0.322 e. The zero-order valence-electron chi connectivity index (χ0n) is 19.4. The van der Waals surface area contributed by atoms with E-state index in [9.17, 15) is 13.2 Å². The molecule has 1 aliphatic rings. The number of nitrogens with one attached hydrogen (secondary N) is 1. The summed E-state index contributed by atoms with van der Waals surface area (Å²) in [5, 5.41) is 10.5. The van der Waals surface area contributed by atoms with E-state index in [1.54, 1.807) is 0 Å². The summed E-state index contributed by atoms with van der Waals surface area (Å²) in [5.74, 6) is -0.173. The third-order valence-corrected chi connectivity index (χ3v) is 7.82. The highest BCUT2D eigenvalue weighted by Gasteiger charge is 2.28. The average Bonchev–Trinajstić information content (AvgIpc) is 3.32. The third kappa shape index (κ3) is 4.73. The topological polar surface area (TPSA) is 105 Å². The van der Waals surface area contributed by atoms with Crippen molar-refractivity contribution in [2.45, 2.75) is 31.7 Å². The van der Waals surface area contributed by atoms with Crippen LogP contribution in [0.2, 0.25) is 0 Å². The molecule has 1 aromatic heterocycles. The summed E-state index contributed by atoms with van der Waals surface area (Å²) in [6, 6.07) is 19.5. The molecule has 1 amide bonds. The van der Waals surface area contributed by atoms with Crippen molar-refractivity contribution >= 4 is 21.9 Å². The van der Waals surface area contributed by atoms with Crippen molar-refractivity contribution in [2.24, 2.45) is 0 Å². The molecular weight excluding hydrogens is 464 g/mol. The van der Waals surface area contributed by atoms with Crippen LogP contribution in [0.3, 0.4) is 0 Å². The van der Waals surface area contributed by atoms with E-state index in [-0.39, 0.29) is 16.5 Å². The SMILES string of the molecule is Cc1cc(C)cc(-c2nnc(NC(=O)c3ccc(S(=O)(=O)N4CCc5ccccc5C4)cc3)o2)c1. The summed E-state index contributed by atoms with van der Waals surface area (Å²) < 4.78 is 33.4. The van der Waals surface area contributed by atoms with Crippen molar-refractivity contribution < 1.29 is 17.6 Å². The maximum atomic E-state index is 13.1. The molecule has 0 unspecified atom stereocenters. The molecule has 5 rings (SSSR count). The van der Waals surface area contributed by atoms with Crippen LogP contribution < -0.4 is 5.32 Å². The Balaban J connectivity index is 1.28. The molecule has 178 valence electrons. The third-order valence-electron chi connectivity index (χ3n) is 5.96. The Morgan fingerprint density at radius 1 is 0.943 bits per heavy atom. The molecule has 0 saturated heterocycles. The van der Waals surface area contributed by atoms with Gasteiger partial charge in [-0.05, 0) is 67.8 Å². The van der Waals surface area contributed by atoms with Gasteiger partial charge >= 0.3 is 6.01 Å². The van der Waals surface area contributed by atoms with Crippen LogP contribution in [0.1, 0.15) is 32.6 Å². The number of amides is 1. The molecule has 35 heavy (non-hydrogen) atoms. The van der Waals surface area contributed by atoms with Gasteiger partial charge < -0.3 is 4.42 Å². The Morgan fingerprint density at radius 3 is 2.34 bits per heavy atom. The van der Waals surface area contributed by atoms with Gasteiger partial charge in [0.25, 0.3) is 5.91 Å². The molecule has 4 aromatic rings. The second-order valence-electron chi connectivity index (χ2n) is 8.62. The molecule has 1 aliphatic heterocycles. The number of fused-ring (bicyclic) bond motifs is 1. The monoisotopic (exact) mass is 488 g/mol. The zero-order valence-corrected chi connectivity index (χ0v) is 20.2. The number of rotatable bonds is 5. The fourth-order valence-corrected chi connectivity index (χ4v) is 5.68. The van der Waals surface area contributed by atoms with Crippen molar-refractivity contribution in [1.29, 1.82) is 0 Å². The van der Waals surface area contributed by atoms with Gasteiger partial charge in [-0.3, -0.25) is 10.1 Å². The molecule has 2 heterocycles. The zero-order chi connectivity index (χ0) is 24.6. The molecule has 9 heteroatoms. The van der Waals surface area contributed by atoms with Gasteiger partial charge in [0.1, 0.15) is 0 Å². The number of aromatic nitrogens is 2. The summed E-state index contributed by atoms with van der Waals surface area (Å²) in [6.07, 6.45) is 0.671. The fourth-order valence-electron chi connectivity index (χ4n) is 4.26. The average molecular weight is 489 g/mol. The first kappa shape index (κ1) is 22.9. The number of hydrogen-bond donors (Lipinski definition) is 1. The predicted molar refractivity (Wildman–Crippen MR) is 131 cm³/mol. The first-order valence-corrected chi connectivity index (χ1v) is 12.6. The van der Waals surface area contributed by atoms with Crippen molar-refractivity contribution in [2.75, 3.05) is 11.9 Å². The molecule has 0 spiro atoms. The van der Waals surface area contributed by atoms with E-state index < -0.39 is 15.9 Å². The summed E-state index contributed by atoms with van der Waals surface area (Å²) in [7, 11) is -3.68. The molecule has 0 aliphatic carbocycles. The Bertz CT molecular complexity index is 1490. The summed E-state index contributed by atoms with van der Waals surface area (Å²) in [5.41, 5.74) is 5.36. The summed E-state index contributed by atoms with van der Waals surface area (Å²) >= 11 is 0. The Hall–Kier alpha value is -3.82. The minimum absolute atomic E-state index is 0.0344. The van der Waals surface area contributed by atoms with Crippen LogP contribution in [0, 0.1) is 13.8 Å². The smallest absolute Gasteiger partial charge is 0.322 e. The van der Waals surface area contributed by atoms with Gasteiger partial charge in [-0.2, -0.15) is 4.31 Å². The van der Waals surface area contributed by atoms with Gasteiger partial charge in [0.15, 0.2) is 0 Å².